The minimum atomic E-state index is -0.345. The third kappa shape index (κ3) is 5.22. The summed E-state index contributed by atoms with van der Waals surface area (Å²) in [6, 6.07) is 24.0. The molecular formula is C31H35N2O2+. The minimum absolute atomic E-state index is 0.0992. The van der Waals surface area contributed by atoms with Gasteiger partial charge in [0.05, 0.1) is 5.56 Å². The molecule has 0 amide bonds. The summed E-state index contributed by atoms with van der Waals surface area (Å²) in [5.41, 5.74) is 6.59. The van der Waals surface area contributed by atoms with Gasteiger partial charge in [0, 0.05) is 29.4 Å². The molecule has 0 spiro atoms. The van der Waals surface area contributed by atoms with Gasteiger partial charge >= 0.3 is 5.97 Å². The third-order valence-corrected chi connectivity index (χ3v) is 6.62. The van der Waals surface area contributed by atoms with Crippen molar-refractivity contribution in [3.05, 3.63) is 107 Å². The number of anilines is 1. The van der Waals surface area contributed by atoms with Crippen molar-refractivity contribution in [3.63, 3.8) is 0 Å². The summed E-state index contributed by atoms with van der Waals surface area (Å²) >= 11 is 0. The number of allylic oxidation sites excluding steroid dienone is 2. The highest BCUT2D eigenvalue weighted by Gasteiger charge is 2.39. The quantitative estimate of drug-likeness (QED) is 0.178. The molecule has 3 aromatic carbocycles. The molecule has 1 aliphatic heterocycles. The molecule has 0 saturated carbocycles. The molecule has 180 valence electrons. The molecule has 0 aromatic heterocycles. The van der Waals surface area contributed by atoms with Crippen LogP contribution in [0.25, 0.3) is 0 Å². The molecule has 4 heteroatoms. The predicted molar refractivity (Wildman–Crippen MR) is 144 cm³/mol. The lowest BCUT2D eigenvalue weighted by Gasteiger charge is -2.26. The molecule has 35 heavy (non-hydrogen) atoms. The van der Waals surface area contributed by atoms with Gasteiger partial charge in [-0.2, -0.15) is 0 Å². The van der Waals surface area contributed by atoms with Gasteiger partial charge in [0.15, 0.2) is 6.21 Å². The number of nitrogens with zero attached hydrogens (tertiary/aromatic N) is 2. The Morgan fingerprint density at radius 2 is 1.63 bits per heavy atom. The van der Waals surface area contributed by atoms with Gasteiger partial charge in [0.1, 0.15) is 19.8 Å². The first-order valence-electron chi connectivity index (χ1n) is 12.2. The number of ether oxygens (including phenoxy) is 1. The summed E-state index contributed by atoms with van der Waals surface area (Å²) < 4.78 is 7.64. The summed E-state index contributed by atoms with van der Waals surface area (Å²) in [6.07, 6.45) is 4.30. The standard InChI is InChI=1S/C31H35N2O2/c1-22(2)24-15-17-26(18-16-24)35-30(34)25-13-11-23(12-14-25)21-33-28-10-8-7-9-27(28)31(3,4)29(33)19-20-32(5)6/h7-20,22H,21H2,1-6H3/q+1. The van der Waals surface area contributed by atoms with Crippen molar-refractivity contribution in [1.29, 1.82) is 0 Å². The summed E-state index contributed by atoms with van der Waals surface area (Å²) in [4.78, 5) is 15.1. The highest BCUT2D eigenvalue weighted by atomic mass is 16.5. The number of fused-ring (bicyclic) bond motifs is 1. The third-order valence-electron chi connectivity index (χ3n) is 6.62. The van der Waals surface area contributed by atoms with E-state index in [1.54, 1.807) is 0 Å². The molecule has 0 bridgehead atoms. The molecular weight excluding hydrogens is 432 g/mol. The summed E-state index contributed by atoms with van der Waals surface area (Å²) in [7, 11) is 4.07. The molecule has 4 rings (SSSR count). The summed E-state index contributed by atoms with van der Waals surface area (Å²) in [5, 5.41) is 0. The van der Waals surface area contributed by atoms with Gasteiger partial charge < -0.3 is 9.64 Å². The number of carbonyl (C=O) groups excluding carboxylic acids is 1. The highest BCUT2D eigenvalue weighted by Crippen LogP contribution is 2.48. The van der Waals surface area contributed by atoms with Crippen molar-refractivity contribution in [1.82, 2.24) is 0 Å². The molecule has 0 saturated heterocycles. The van der Waals surface area contributed by atoms with Crippen LogP contribution in [0.4, 0.5) is 5.69 Å². The Morgan fingerprint density at radius 1 is 0.971 bits per heavy atom. The molecule has 1 heterocycles. The first-order chi connectivity index (χ1) is 16.7. The first kappa shape index (κ1) is 24.5. The Morgan fingerprint density at radius 3 is 2.26 bits per heavy atom. The molecule has 0 fully saturated rings. The number of carbonyl (C=O) groups is 1. The van der Waals surface area contributed by atoms with Gasteiger partial charge in [-0.1, -0.05) is 70.2 Å². The van der Waals surface area contributed by atoms with Gasteiger partial charge in [-0.3, -0.25) is 0 Å². The van der Waals surface area contributed by atoms with E-state index >= 15 is 0 Å². The van der Waals surface area contributed by atoms with Crippen molar-refractivity contribution >= 4 is 17.9 Å². The molecule has 0 N–H and O–H groups in total. The lowest BCUT2D eigenvalue weighted by atomic mass is 9.84. The molecule has 4 nitrogen and oxygen atoms in total. The molecule has 0 radical (unpaired) electrons. The van der Waals surface area contributed by atoms with E-state index in [0.717, 1.165) is 12.1 Å². The van der Waals surface area contributed by atoms with E-state index in [-0.39, 0.29) is 11.4 Å². The fourth-order valence-corrected chi connectivity index (χ4v) is 4.55. The molecule has 0 unspecified atom stereocenters. The van der Waals surface area contributed by atoms with Crippen molar-refractivity contribution in [2.24, 2.45) is 0 Å². The van der Waals surface area contributed by atoms with E-state index in [0.29, 0.717) is 17.2 Å². The summed E-state index contributed by atoms with van der Waals surface area (Å²) in [5.74, 6) is 0.658. The molecule has 1 aliphatic rings. The maximum absolute atomic E-state index is 12.7. The van der Waals surface area contributed by atoms with Crippen molar-refractivity contribution < 1.29 is 14.1 Å². The zero-order valence-electron chi connectivity index (χ0n) is 21.6. The van der Waals surface area contributed by atoms with Crippen LogP contribution in [-0.2, 0) is 12.0 Å². The van der Waals surface area contributed by atoms with Crippen molar-refractivity contribution in [2.45, 2.75) is 45.6 Å². The smallest absolute Gasteiger partial charge is 0.343 e. The van der Waals surface area contributed by atoms with Crippen molar-refractivity contribution in [2.75, 3.05) is 19.0 Å². The van der Waals surface area contributed by atoms with Crippen LogP contribution in [0.5, 0.6) is 5.75 Å². The summed E-state index contributed by atoms with van der Waals surface area (Å²) in [6.45, 7) is 9.55. The fourth-order valence-electron chi connectivity index (χ4n) is 4.55. The molecule has 3 aromatic rings. The lowest BCUT2D eigenvalue weighted by Crippen LogP contribution is -2.26. The van der Waals surface area contributed by atoms with Gasteiger partial charge in [-0.15, -0.1) is 0 Å². The van der Waals surface area contributed by atoms with Crippen LogP contribution in [0.15, 0.2) is 84.6 Å². The largest absolute Gasteiger partial charge is 0.423 e. The zero-order valence-corrected chi connectivity index (χ0v) is 21.6. The van der Waals surface area contributed by atoms with Crippen LogP contribution in [0, 0.1) is 0 Å². The van der Waals surface area contributed by atoms with E-state index in [9.17, 15) is 4.79 Å². The van der Waals surface area contributed by atoms with Crippen molar-refractivity contribution in [3.8, 4) is 5.75 Å². The van der Waals surface area contributed by atoms with Crippen LogP contribution in [0.3, 0.4) is 0 Å². The van der Waals surface area contributed by atoms with E-state index in [1.807, 2.05) is 62.6 Å². The molecule has 0 atom stereocenters. The Bertz CT molecular complexity index is 1260. The number of para-hydroxylation sites is 1. The second-order valence-electron chi connectivity index (χ2n) is 10.2. The van der Waals surface area contributed by atoms with Gasteiger partial charge in [-0.05, 0) is 52.9 Å². The van der Waals surface area contributed by atoms with Crippen LogP contribution in [-0.4, -0.2) is 30.9 Å². The van der Waals surface area contributed by atoms with Crippen LogP contribution < -0.4 is 9.64 Å². The van der Waals surface area contributed by atoms with E-state index in [1.165, 1.54) is 22.5 Å². The topological polar surface area (TPSA) is 32.5 Å². The number of hydrogen-bond donors (Lipinski definition) is 0. The Labute approximate surface area is 209 Å². The van der Waals surface area contributed by atoms with E-state index < -0.39 is 0 Å². The average molecular weight is 468 g/mol. The van der Waals surface area contributed by atoms with Crippen LogP contribution in [0.2, 0.25) is 0 Å². The van der Waals surface area contributed by atoms with Gasteiger partial charge in [0.2, 0.25) is 0 Å². The van der Waals surface area contributed by atoms with Gasteiger partial charge in [0.25, 0.3) is 0 Å². The Hall–Kier alpha value is -3.66. The maximum atomic E-state index is 12.7. The maximum Gasteiger partial charge on any atom is 0.343 e. The second kappa shape index (κ2) is 9.91. The number of benzene rings is 3. The fraction of sp³-hybridized carbons (Fsp3) is 0.290. The first-order valence-corrected chi connectivity index (χ1v) is 12.2. The van der Waals surface area contributed by atoms with E-state index in [4.69, 9.17) is 4.74 Å². The predicted octanol–water partition coefficient (Wildman–Crippen LogP) is 6.55. The minimum Gasteiger partial charge on any atom is -0.423 e. The van der Waals surface area contributed by atoms with Gasteiger partial charge in [-0.25, -0.2) is 9.37 Å². The normalized spacial score (nSPS) is 15.3. The number of rotatable bonds is 6. The van der Waals surface area contributed by atoms with E-state index in [2.05, 4.69) is 73.7 Å². The monoisotopic (exact) mass is 467 g/mol. The zero-order chi connectivity index (χ0) is 25.2. The Kier molecular flexibility index (Phi) is 6.93. The van der Waals surface area contributed by atoms with Crippen LogP contribution >= 0.6 is 0 Å². The highest BCUT2D eigenvalue weighted by molar-refractivity contribution is 5.91. The Balaban J connectivity index is 1.53. The van der Waals surface area contributed by atoms with Crippen LogP contribution in [0.1, 0.15) is 60.7 Å². The second-order valence-corrected chi connectivity index (χ2v) is 10.2. The lowest BCUT2D eigenvalue weighted by molar-refractivity contribution is -0.458. The SMILES string of the molecule is CC(C)c1ccc(OC(=O)c2ccc(CN3C(=CC=[N+](C)C)C(C)(C)c4ccccc43)cc2)cc1. The molecule has 0 aliphatic carbocycles. The number of esters is 1. The average Bonchev–Trinajstić information content (AvgIpc) is 3.04. The number of hydrogen-bond acceptors (Lipinski definition) is 3.